The number of hydrogen-bond acceptors (Lipinski definition) is 3. The van der Waals surface area contributed by atoms with Crippen LogP contribution in [0.1, 0.15) is 52.4 Å². The molecule has 3 nitrogen and oxygen atoms in total. The quantitative estimate of drug-likeness (QED) is 0.774. The standard InChI is InChI=1S/C17H35N3/c1-16(2)14-18-15-17-8-4-7-11-20(17)13-12-19-9-5-3-6-10-19/h16-18H,3-15H2,1-2H3. The van der Waals surface area contributed by atoms with Crippen molar-refractivity contribution in [3.63, 3.8) is 0 Å². The van der Waals surface area contributed by atoms with Gasteiger partial charge in [0.2, 0.25) is 0 Å². The largest absolute Gasteiger partial charge is 0.315 e. The molecule has 0 aromatic rings. The first-order valence-corrected chi connectivity index (χ1v) is 8.93. The summed E-state index contributed by atoms with van der Waals surface area (Å²) in [6.45, 7) is 13.5. The van der Waals surface area contributed by atoms with Crippen molar-refractivity contribution in [2.75, 3.05) is 45.8 Å². The highest BCUT2D eigenvalue weighted by atomic mass is 15.2. The summed E-state index contributed by atoms with van der Waals surface area (Å²) in [4.78, 5) is 5.43. The Hall–Kier alpha value is -0.120. The number of nitrogens with one attached hydrogen (secondary N) is 1. The third-order valence-corrected chi connectivity index (χ3v) is 4.83. The second-order valence-electron chi connectivity index (χ2n) is 7.14. The maximum atomic E-state index is 3.67. The van der Waals surface area contributed by atoms with Gasteiger partial charge < -0.3 is 10.2 Å². The lowest BCUT2D eigenvalue weighted by Gasteiger charge is -2.38. The normalized spacial score (nSPS) is 26.2. The van der Waals surface area contributed by atoms with Gasteiger partial charge in [-0.05, 0) is 57.8 Å². The molecule has 0 aromatic carbocycles. The second-order valence-corrected chi connectivity index (χ2v) is 7.14. The minimum absolute atomic E-state index is 0.764. The molecule has 0 aromatic heterocycles. The fourth-order valence-corrected chi connectivity index (χ4v) is 3.58. The van der Waals surface area contributed by atoms with Crippen LogP contribution < -0.4 is 5.32 Å². The van der Waals surface area contributed by atoms with Gasteiger partial charge in [0.15, 0.2) is 0 Å². The van der Waals surface area contributed by atoms with Gasteiger partial charge in [-0.15, -0.1) is 0 Å². The molecule has 0 bridgehead atoms. The Morgan fingerprint density at radius 3 is 2.45 bits per heavy atom. The van der Waals surface area contributed by atoms with Gasteiger partial charge in [-0.25, -0.2) is 0 Å². The summed E-state index contributed by atoms with van der Waals surface area (Å²) >= 11 is 0. The number of rotatable bonds is 7. The summed E-state index contributed by atoms with van der Waals surface area (Å²) in [7, 11) is 0. The van der Waals surface area contributed by atoms with Crippen LogP contribution in [-0.2, 0) is 0 Å². The van der Waals surface area contributed by atoms with Crippen molar-refractivity contribution in [2.24, 2.45) is 5.92 Å². The molecule has 2 heterocycles. The van der Waals surface area contributed by atoms with E-state index in [0.717, 1.165) is 18.5 Å². The van der Waals surface area contributed by atoms with Crippen molar-refractivity contribution in [3.05, 3.63) is 0 Å². The summed E-state index contributed by atoms with van der Waals surface area (Å²) in [6.07, 6.45) is 8.50. The van der Waals surface area contributed by atoms with Crippen LogP contribution in [0.25, 0.3) is 0 Å². The van der Waals surface area contributed by atoms with E-state index in [0.29, 0.717) is 0 Å². The predicted octanol–water partition coefficient (Wildman–Crippen LogP) is 2.57. The Morgan fingerprint density at radius 2 is 1.70 bits per heavy atom. The fourth-order valence-electron chi connectivity index (χ4n) is 3.58. The van der Waals surface area contributed by atoms with E-state index in [9.17, 15) is 0 Å². The third kappa shape index (κ3) is 5.71. The Bertz CT molecular complexity index is 249. The molecule has 1 atom stereocenters. The summed E-state index contributed by atoms with van der Waals surface area (Å²) in [5.74, 6) is 0.764. The Kier molecular flexibility index (Phi) is 7.32. The number of nitrogens with zero attached hydrogens (tertiary/aromatic N) is 2. The molecule has 0 spiro atoms. The van der Waals surface area contributed by atoms with Crippen molar-refractivity contribution in [2.45, 2.75) is 58.4 Å². The van der Waals surface area contributed by atoms with E-state index in [1.54, 1.807) is 0 Å². The Labute approximate surface area is 126 Å². The van der Waals surface area contributed by atoms with Crippen LogP contribution in [0.15, 0.2) is 0 Å². The number of likely N-dealkylation sites (tertiary alicyclic amines) is 2. The lowest BCUT2D eigenvalue weighted by molar-refractivity contribution is 0.116. The van der Waals surface area contributed by atoms with Gasteiger partial charge >= 0.3 is 0 Å². The molecule has 0 aliphatic carbocycles. The van der Waals surface area contributed by atoms with Crippen LogP contribution >= 0.6 is 0 Å². The number of hydrogen-bond donors (Lipinski definition) is 1. The van der Waals surface area contributed by atoms with E-state index in [1.165, 1.54) is 77.8 Å². The molecule has 0 radical (unpaired) electrons. The molecule has 2 saturated heterocycles. The average Bonchev–Trinajstić information content (AvgIpc) is 2.47. The molecule has 2 fully saturated rings. The predicted molar refractivity (Wildman–Crippen MR) is 87.2 cm³/mol. The first-order chi connectivity index (χ1) is 9.75. The molecule has 1 N–H and O–H groups in total. The first kappa shape index (κ1) is 16.3. The summed E-state index contributed by atoms with van der Waals surface area (Å²) in [5, 5.41) is 3.67. The van der Waals surface area contributed by atoms with Crippen molar-refractivity contribution >= 4 is 0 Å². The van der Waals surface area contributed by atoms with E-state index in [1.807, 2.05) is 0 Å². The summed E-state index contributed by atoms with van der Waals surface area (Å²) in [5.41, 5.74) is 0. The maximum Gasteiger partial charge on any atom is 0.0221 e. The van der Waals surface area contributed by atoms with Gasteiger partial charge in [-0.3, -0.25) is 4.90 Å². The molecule has 118 valence electrons. The van der Waals surface area contributed by atoms with E-state index < -0.39 is 0 Å². The van der Waals surface area contributed by atoms with Gasteiger partial charge in [0.1, 0.15) is 0 Å². The summed E-state index contributed by atoms with van der Waals surface area (Å²) in [6, 6.07) is 0.785. The van der Waals surface area contributed by atoms with Crippen LogP contribution in [0, 0.1) is 5.92 Å². The van der Waals surface area contributed by atoms with Crippen molar-refractivity contribution in [1.29, 1.82) is 0 Å². The smallest absolute Gasteiger partial charge is 0.0221 e. The number of piperidine rings is 2. The molecular formula is C17H35N3. The maximum absolute atomic E-state index is 3.67. The fraction of sp³-hybridized carbons (Fsp3) is 1.00. The van der Waals surface area contributed by atoms with Gasteiger partial charge in [-0.2, -0.15) is 0 Å². The van der Waals surface area contributed by atoms with Crippen LogP contribution in [0.4, 0.5) is 0 Å². The van der Waals surface area contributed by atoms with E-state index in [-0.39, 0.29) is 0 Å². The Morgan fingerprint density at radius 1 is 0.950 bits per heavy atom. The van der Waals surface area contributed by atoms with Gasteiger partial charge in [0, 0.05) is 25.7 Å². The zero-order valence-electron chi connectivity index (χ0n) is 13.7. The zero-order valence-corrected chi connectivity index (χ0v) is 13.7. The minimum atomic E-state index is 0.764. The molecule has 2 rings (SSSR count). The van der Waals surface area contributed by atoms with Crippen molar-refractivity contribution in [1.82, 2.24) is 15.1 Å². The topological polar surface area (TPSA) is 18.5 Å². The molecule has 1 unspecified atom stereocenters. The van der Waals surface area contributed by atoms with Crippen LogP contribution in [0.2, 0.25) is 0 Å². The average molecular weight is 281 g/mol. The highest BCUT2D eigenvalue weighted by Crippen LogP contribution is 2.17. The van der Waals surface area contributed by atoms with Crippen molar-refractivity contribution in [3.8, 4) is 0 Å². The first-order valence-electron chi connectivity index (χ1n) is 8.93. The molecule has 2 aliphatic rings. The van der Waals surface area contributed by atoms with Crippen molar-refractivity contribution < 1.29 is 0 Å². The van der Waals surface area contributed by atoms with E-state index in [2.05, 4.69) is 29.0 Å². The highest BCUT2D eigenvalue weighted by molar-refractivity contribution is 4.80. The zero-order chi connectivity index (χ0) is 14.2. The molecule has 3 heteroatoms. The lowest BCUT2D eigenvalue weighted by atomic mass is 10.0. The second kappa shape index (κ2) is 9.01. The van der Waals surface area contributed by atoms with Gasteiger partial charge in [0.05, 0.1) is 0 Å². The molecule has 0 amide bonds. The van der Waals surface area contributed by atoms with Crippen LogP contribution in [0.5, 0.6) is 0 Å². The third-order valence-electron chi connectivity index (χ3n) is 4.83. The molecule has 20 heavy (non-hydrogen) atoms. The minimum Gasteiger partial charge on any atom is -0.315 e. The van der Waals surface area contributed by atoms with Crippen LogP contribution in [0.3, 0.4) is 0 Å². The monoisotopic (exact) mass is 281 g/mol. The van der Waals surface area contributed by atoms with Gasteiger partial charge in [0.25, 0.3) is 0 Å². The lowest BCUT2D eigenvalue weighted by Crippen LogP contribution is -2.49. The van der Waals surface area contributed by atoms with Crippen LogP contribution in [-0.4, -0.2) is 61.7 Å². The molecule has 2 aliphatic heterocycles. The SMILES string of the molecule is CC(C)CNCC1CCCCN1CCN1CCCCC1. The van der Waals surface area contributed by atoms with E-state index >= 15 is 0 Å². The van der Waals surface area contributed by atoms with Gasteiger partial charge in [-0.1, -0.05) is 26.7 Å². The molecular weight excluding hydrogens is 246 g/mol. The highest BCUT2D eigenvalue weighted by Gasteiger charge is 2.22. The molecule has 0 saturated carbocycles. The summed E-state index contributed by atoms with van der Waals surface area (Å²) < 4.78 is 0. The van der Waals surface area contributed by atoms with E-state index in [4.69, 9.17) is 0 Å². The Balaban J connectivity index is 1.68.